The SMILES string of the molecule is CC(C)c1noc(N2CCC(CCOc3nc4ccc(-c5ccc([S+]([O-])C6CC6)cc5)nc4s3)CC2)n1. The summed E-state index contributed by atoms with van der Waals surface area (Å²) in [6.45, 7) is 6.64. The normalized spacial score (nSPS) is 17.6. The maximum Gasteiger partial charge on any atom is 0.324 e. The summed E-state index contributed by atoms with van der Waals surface area (Å²) >= 11 is 0.605. The molecule has 2 aliphatic rings. The maximum atomic E-state index is 12.4. The highest BCUT2D eigenvalue weighted by molar-refractivity contribution is 7.92. The topological polar surface area (TPSA) is 100 Å². The van der Waals surface area contributed by atoms with E-state index >= 15 is 0 Å². The third-order valence-corrected chi connectivity index (χ3v) is 9.72. The van der Waals surface area contributed by atoms with Crippen LogP contribution >= 0.6 is 11.3 Å². The van der Waals surface area contributed by atoms with Gasteiger partial charge in [0.1, 0.15) is 15.6 Å². The molecule has 1 aliphatic carbocycles. The average molecular weight is 538 g/mol. The molecule has 4 aromatic rings. The number of thiazole rings is 1. The summed E-state index contributed by atoms with van der Waals surface area (Å²) in [5, 5.41) is 5.09. The number of aromatic nitrogens is 4. The monoisotopic (exact) mass is 537 g/mol. The molecule has 3 aromatic heterocycles. The van der Waals surface area contributed by atoms with Crippen molar-refractivity contribution in [1.82, 2.24) is 20.1 Å². The van der Waals surface area contributed by atoms with Gasteiger partial charge in [0.15, 0.2) is 10.7 Å². The largest absolute Gasteiger partial charge is 0.611 e. The van der Waals surface area contributed by atoms with Crippen molar-refractivity contribution in [3.05, 3.63) is 42.2 Å². The van der Waals surface area contributed by atoms with Gasteiger partial charge in [-0.1, -0.05) is 30.3 Å². The van der Waals surface area contributed by atoms with Gasteiger partial charge in [-0.25, -0.2) is 9.97 Å². The molecule has 1 unspecified atom stereocenters. The highest BCUT2D eigenvalue weighted by Gasteiger charge is 2.35. The van der Waals surface area contributed by atoms with Gasteiger partial charge in [-0.15, -0.1) is 0 Å². The summed E-state index contributed by atoms with van der Waals surface area (Å²) in [5.41, 5.74) is 2.76. The molecule has 1 saturated heterocycles. The number of hydrogen-bond acceptors (Lipinski definition) is 9. The van der Waals surface area contributed by atoms with E-state index in [0.717, 1.165) is 77.5 Å². The Morgan fingerprint density at radius 3 is 2.54 bits per heavy atom. The third kappa shape index (κ3) is 5.61. The van der Waals surface area contributed by atoms with Crippen molar-refractivity contribution in [1.29, 1.82) is 0 Å². The Morgan fingerprint density at radius 2 is 1.84 bits per heavy atom. The van der Waals surface area contributed by atoms with Crippen LogP contribution in [0.2, 0.25) is 0 Å². The Labute approximate surface area is 223 Å². The first-order chi connectivity index (χ1) is 18.0. The second-order valence-corrected chi connectivity index (χ2v) is 12.9. The minimum atomic E-state index is -0.881. The lowest BCUT2D eigenvalue weighted by Crippen LogP contribution is -2.34. The summed E-state index contributed by atoms with van der Waals surface area (Å²) in [6.07, 6.45) is 5.31. The lowest BCUT2D eigenvalue weighted by atomic mass is 9.94. The van der Waals surface area contributed by atoms with Crippen molar-refractivity contribution in [2.75, 3.05) is 24.6 Å². The van der Waals surface area contributed by atoms with Crippen molar-refractivity contribution < 1.29 is 13.8 Å². The van der Waals surface area contributed by atoms with Gasteiger partial charge in [-0.05, 0) is 72.8 Å². The van der Waals surface area contributed by atoms with Gasteiger partial charge in [-0.3, -0.25) is 0 Å². The Bertz CT molecular complexity index is 1340. The van der Waals surface area contributed by atoms with Crippen LogP contribution in [0.3, 0.4) is 0 Å². The number of hydrogen-bond donors (Lipinski definition) is 0. The minimum absolute atomic E-state index is 0.271. The van der Waals surface area contributed by atoms with Gasteiger partial charge in [-0.2, -0.15) is 4.98 Å². The molecule has 37 heavy (non-hydrogen) atoms. The average Bonchev–Trinajstić information content (AvgIpc) is 3.50. The molecule has 194 valence electrons. The van der Waals surface area contributed by atoms with Crippen molar-refractivity contribution in [3.8, 4) is 16.5 Å². The highest BCUT2D eigenvalue weighted by Crippen LogP contribution is 2.35. The molecule has 0 spiro atoms. The van der Waals surface area contributed by atoms with E-state index in [4.69, 9.17) is 14.2 Å². The second kappa shape index (κ2) is 10.6. The zero-order chi connectivity index (χ0) is 25.4. The van der Waals surface area contributed by atoms with Gasteiger partial charge < -0.3 is 18.7 Å². The molecular weight excluding hydrogens is 506 g/mol. The van der Waals surface area contributed by atoms with Crippen LogP contribution in [-0.4, -0.2) is 49.6 Å². The number of ether oxygens (including phenoxy) is 1. The summed E-state index contributed by atoms with van der Waals surface area (Å²) in [7, 11) is 0. The smallest absolute Gasteiger partial charge is 0.324 e. The number of benzene rings is 1. The Morgan fingerprint density at radius 1 is 1.05 bits per heavy atom. The Kier molecular flexibility index (Phi) is 7.05. The third-order valence-electron chi connectivity index (χ3n) is 7.03. The van der Waals surface area contributed by atoms with Gasteiger partial charge in [0.2, 0.25) is 0 Å². The van der Waals surface area contributed by atoms with Gasteiger partial charge >= 0.3 is 6.01 Å². The molecule has 2 fully saturated rings. The maximum absolute atomic E-state index is 12.4. The molecule has 1 saturated carbocycles. The lowest BCUT2D eigenvalue weighted by Gasteiger charge is -2.30. The van der Waals surface area contributed by atoms with E-state index in [1.54, 1.807) is 0 Å². The molecule has 0 N–H and O–H groups in total. The van der Waals surface area contributed by atoms with E-state index in [-0.39, 0.29) is 5.92 Å². The predicted octanol–water partition coefficient (Wildman–Crippen LogP) is 5.82. The zero-order valence-electron chi connectivity index (χ0n) is 21.1. The summed E-state index contributed by atoms with van der Waals surface area (Å²) < 4.78 is 23.9. The van der Waals surface area contributed by atoms with E-state index in [0.29, 0.717) is 29.0 Å². The van der Waals surface area contributed by atoms with Crippen LogP contribution in [0.1, 0.15) is 57.7 Å². The first-order valence-corrected chi connectivity index (χ1v) is 15.1. The second-order valence-electron chi connectivity index (χ2n) is 10.2. The molecular formula is C27H31N5O3S2. The van der Waals surface area contributed by atoms with E-state index in [1.165, 1.54) is 11.3 Å². The van der Waals surface area contributed by atoms with Crippen molar-refractivity contribution in [2.45, 2.75) is 62.0 Å². The van der Waals surface area contributed by atoms with Crippen molar-refractivity contribution >= 4 is 38.9 Å². The molecule has 6 rings (SSSR count). The fourth-order valence-electron chi connectivity index (χ4n) is 4.57. The molecule has 0 amide bonds. The van der Waals surface area contributed by atoms with Crippen LogP contribution in [-0.2, 0) is 11.2 Å². The quantitative estimate of drug-likeness (QED) is 0.246. The summed E-state index contributed by atoms with van der Waals surface area (Å²) in [4.78, 5) is 17.9. The van der Waals surface area contributed by atoms with Gasteiger partial charge in [0.25, 0.3) is 5.19 Å². The predicted molar refractivity (Wildman–Crippen MR) is 146 cm³/mol. The fourth-order valence-corrected chi connectivity index (χ4v) is 6.74. The molecule has 1 atom stereocenters. The summed E-state index contributed by atoms with van der Waals surface area (Å²) in [6, 6.07) is 12.6. The van der Waals surface area contributed by atoms with E-state index in [2.05, 4.69) is 33.9 Å². The molecule has 4 heterocycles. The number of anilines is 1. The zero-order valence-corrected chi connectivity index (χ0v) is 22.8. The van der Waals surface area contributed by atoms with Crippen LogP contribution in [0.5, 0.6) is 5.19 Å². The number of piperidine rings is 1. The first-order valence-electron chi connectivity index (χ1n) is 13.0. The summed E-state index contributed by atoms with van der Waals surface area (Å²) in [5.74, 6) is 1.65. The molecule has 0 radical (unpaired) electrons. The van der Waals surface area contributed by atoms with Crippen LogP contribution in [0, 0.1) is 5.92 Å². The molecule has 0 bridgehead atoms. The molecule has 1 aromatic carbocycles. The Balaban J connectivity index is 1.01. The van der Waals surface area contributed by atoms with Gasteiger partial charge in [0, 0.05) is 37.4 Å². The highest BCUT2D eigenvalue weighted by atomic mass is 32.2. The number of pyridine rings is 1. The van der Waals surface area contributed by atoms with Crippen LogP contribution in [0.25, 0.3) is 21.6 Å². The standard InChI is InChI=1S/C27H31N5O3S2/c1-17(2)24-30-26(35-31-24)32-14-11-18(12-15-32)13-16-34-27-29-23-10-9-22(28-25(23)36-27)19-3-5-20(6-4-19)37(33)21-7-8-21/h3-6,9-10,17-18,21H,7-8,11-16H2,1-2H3. The minimum Gasteiger partial charge on any atom is -0.611 e. The van der Waals surface area contributed by atoms with E-state index < -0.39 is 11.2 Å². The Hall–Kier alpha value is -2.69. The first kappa shape index (κ1) is 24.6. The van der Waals surface area contributed by atoms with Crippen LogP contribution in [0.15, 0.2) is 45.8 Å². The molecule has 8 nitrogen and oxygen atoms in total. The number of nitrogens with zero attached hydrogens (tertiary/aromatic N) is 5. The van der Waals surface area contributed by atoms with Crippen molar-refractivity contribution in [3.63, 3.8) is 0 Å². The lowest BCUT2D eigenvalue weighted by molar-refractivity contribution is 0.255. The van der Waals surface area contributed by atoms with Gasteiger partial charge in [0.05, 0.1) is 12.3 Å². The van der Waals surface area contributed by atoms with Crippen LogP contribution in [0.4, 0.5) is 6.01 Å². The number of rotatable bonds is 9. The van der Waals surface area contributed by atoms with E-state index in [1.807, 2.05) is 36.4 Å². The van der Waals surface area contributed by atoms with Crippen molar-refractivity contribution in [2.24, 2.45) is 5.92 Å². The van der Waals surface area contributed by atoms with Crippen LogP contribution < -0.4 is 9.64 Å². The number of fused-ring (bicyclic) bond motifs is 1. The molecule has 10 heteroatoms. The fraction of sp³-hybridized carbons (Fsp3) is 0.481. The van der Waals surface area contributed by atoms with E-state index in [9.17, 15) is 4.55 Å². The molecule has 1 aliphatic heterocycles.